The Balaban J connectivity index is 1.38. The smallest absolute Gasteiger partial charge is 0.103 e. The molecule has 4 nitrogen and oxygen atoms in total. The Labute approximate surface area is 199 Å². The fraction of sp³-hybridized carbons (Fsp3) is 0.233. The monoisotopic (exact) mass is 444 g/mol. The molecule has 2 aromatic heterocycles. The van der Waals surface area contributed by atoms with Crippen LogP contribution in [-0.2, 0) is 6.42 Å². The zero-order valence-electron chi connectivity index (χ0n) is 19.9. The van der Waals surface area contributed by atoms with Crippen LogP contribution in [0, 0.1) is 12.8 Å². The van der Waals surface area contributed by atoms with Crippen molar-refractivity contribution in [2.24, 2.45) is 10.9 Å². The Hall–Kier alpha value is -3.79. The van der Waals surface area contributed by atoms with Crippen LogP contribution in [-0.4, -0.2) is 20.7 Å². The number of fused-ring (bicyclic) bond motifs is 4. The molecule has 0 fully saturated rings. The molecule has 0 aliphatic carbocycles. The predicted octanol–water partition coefficient (Wildman–Crippen LogP) is 7.82. The highest BCUT2D eigenvalue weighted by Crippen LogP contribution is 2.35. The van der Waals surface area contributed by atoms with E-state index in [9.17, 15) is 0 Å². The van der Waals surface area contributed by atoms with Gasteiger partial charge in [0.2, 0.25) is 0 Å². The van der Waals surface area contributed by atoms with E-state index in [1.807, 2.05) is 19.3 Å². The molecule has 0 amide bonds. The number of H-pyrrole nitrogens is 1. The summed E-state index contributed by atoms with van der Waals surface area (Å²) in [6.45, 7) is 6.45. The summed E-state index contributed by atoms with van der Waals surface area (Å²) >= 11 is 0. The largest absolute Gasteiger partial charge is 0.342 e. The lowest BCUT2D eigenvalue weighted by Crippen LogP contribution is -2.05. The van der Waals surface area contributed by atoms with Crippen molar-refractivity contribution in [3.05, 3.63) is 78.4 Å². The Bertz CT molecular complexity index is 1570. The van der Waals surface area contributed by atoms with Gasteiger partial charge in [0.05, 0.1) is 23.1 Å². The highest BCUT2D eigenvalue weighted by atomic mass is 14.9. The number of benzene rings is 3. The van der Waals surface area contributed by atoms with Crippen LogP contribution in [0.1, 0.15) is 38.1 Å². The van der Waals surface area contributed by atoms with Gasteiger partial charge in [0.15, 0.2) is 0 Å². The van der Waals surface area contributed by atoms with Crippen LogP contribution in [0.25, 0.3) is 44.1 Å². The quantitative estimate of drug-likeness (QED) is 0.308. The van der Waals surface area contributed by atoms with Crippen molar-refractivity contribution in [1.82, 2.24) is 15.0 Å². The molecule has 4 heteroatoms. The first-order chi connectivity index (χ1) is 16.5. The van der Waals surface area contributed by atoms with Gasteiger partial charge >= 0.3 is 0 Å². The third kappa shape index (κ3) is 3.69. The maximum Gasteiger partial charge on any atom is 0.103 e. The SMILES string of the molecule is Cc1ncc(-c2ccc3cc(-c4ccc5c6c(ccc5c4)N=C(C(C)C)CCC6)cnc3c2)[nH]1. The van der Waals surface area contributed by atoms with E-state index in [4.69, 9.17) is 9.98 Å². The Morgan fingerprint density at radius 2 is 1.62 bits per heavy atom. The van der Waals surface area contributed by atoms with Crippen LogP contribution >= 0.6 is 0 Å². The lowest BCUT2D eigenvalue weighted by molar-refractivity contribution is 0.807. The van der Waals surface area contributed by atoms with Crippen LogP contribution in [0.4, 0.5) is 5.69 Å². The molecule has 3 heterocycles. The number of aliphatic imine (C=N–C) groups is 1. The first-order valence-electron chi connectivity index (χ1n) is 12.1. The maximum absolute atomic E-state index is 5.03. The Morgan fingerprint density at radius 3 is 2.44 bits per heavy atom. The van der Waals surface area contributed by atoms with Crippen molar-refractivity contribution in [3.8, 4) is 22.4 Å². The van der Waals surface area contributed by atoms with Crippen LogP contribution in [0.5, 0.6) is 0 Å². The van der Waals surface area contributed by atoms with Crippen molar-refractivity contribution in [3.63, 3.8) is 0 Å². The average molecular weight is 445 g/mol. The highest BCUT2D eigenvalue weighted by molar-refractivity contribution is 5.96. The first kappa shape index (κ1) is 20.8. The van der Waals surface area contributed by atoms with E-state index < -0.39 is 0 Å². The van der Waals surface area contributed by atoms with E-state index in [1.54, 1.807) is 0 Å². The summed E-state index contributed by atoms with van der Waals surface area (Å²) in [5, 5.41) is 3.72. The highest BCUT2D eigenvalue weighted by Gasteiger charge is 2.15. The number of nitrogens with one attached hydrogen (secondary N) is 1. The third-order valence-corrected chi connectivity index (χ3v) is 6.93. The van der Waals surface area contributed by atoms with E-state index in [2.05, 4.69) is 78.4 Å². The van der Waals surface area contributed by atoms with E-state index in [0.717, 1.165) is 52.1 Å². The summed E-state index contributed by atoms with van der Waals surface area (Å²) < 4.78 is 0. The van der Waals surface area contributed by atoms with Gasteiger partial charge in [0.1, 0.15) is 5.82 Å². The number of pyridine rings is 1. The minimum Gasteiger partial charge on any atom is -0.342 e. The minimum absolute atomic E-state index is 0.504. The van der Waals surface area contributed by atoms with E-state index in [0.29, 0.717) is 5.92 Å². The molecule has 34 heavy (non-hydrogen) atoms. The third-order valence-electron chi connectivity index (χ3n) is 6.93. The number of aromatic amines is 1. The molecular formula is C30H28N4. The Kier molecular flexibility index (Phi) is 5.02. The first-order valence-corrected chi connectivity index (χ1v) is 12.1. The molecule has 0 bridgehead atoms. The second-order valence-electron chi connectivity index (χ2n) is 9.62. The van der Waals surface area contributed by atoms with Crippen LogP contribution in [0.3, 0.4) is 0 Å². The number of hydrogen-bond acceptors (Lipinski definition) is 3. The second-order valence-corrected chi connectivity index (χ2v) is 9.62. The van der Waals surface area contributed by atoms with Crippen molar-refractivity contribution in [2.75, 3.05) is 0 Å². The Morgan fingerprint density at radius 1 is 0.794 bits per heavy atom. The number of imidazole rings is 1. The molecule has 1 aliphatic rings. The average Bonchev–Trinajstić information content (AvgIpc) is 3.16. The summed E-state index contributed by atoms with van der Waals surface area (Å²) in [5.74, 6) is 1.42. The molecule has 1 aliphatic heterocycles. The molecule has 0 spiro atoms. The molecule has 1 N–H and O–H groups in total. The standard InChI is InChI=1S/C30H28N4/c1-18(2)27-6-4-5-26-25-11-9-20(13-21(25)10-12-28(26)34-27)24-14-22-7-8-23(15-29(22)32-16-24)30-17-31-19(3)33-30/h7-18H,4-6H2,1-3H3,(H,31,33). The van der Waals surface area contributed by atoms with Gasteiger partial charge in [0, 0.05) is 28.4 Å². The van der Waals surface area contributed by atoms with Crippen LogP contribution in [0.2, 0.25) is 0 Å². The lowest BCUT2D eigenvalue weighted by atomic mass is 9.95. The topological polar surface area (TPSA) is 53.9 Å². The summed E-state index contributed by atoms with van der Waals surface area (Å²) in [6.07, 6.45) is 7.20. The van der Waals surface area contributed by atoms with Gasteiger partial charge in [-0.3, -0.25) is 9.98 Å². The van der Waals surface area contributed by atoms with Gasteiger partial charge in [0.25, 0.3) is 0 Å². The minimum atomic E-state index is 0.504. The van der Waals surface area contributed by atoms with Gasteiger partial charge in [-0.15, -0.1) is 0 Å². The normalized spacial score (nSPS) is 13.8. The number of aryl methyl sites for hydroxylation is 2. The van der Waals surface area contributed by atoms with Crippen molar-refractivity contribution in [1.29, 1.82) is 0 Å². The summed E-state index contributed by atoms with van der Waals surface area (Å²) in [6, 6.07) is 19.8. The zero-order valence-corrected chi connectivity index (χ0v) is 19.9. The number of aromatic nitrogens is 3. The van der Waals surface area contributed by atoms with Crippen molar-refractivity contribution >= 4 is 33.1 Å². The zero-order chi connectivity index (χ0) is 23.2. The molecule has 6 rings (SSSR count). The molecule has 0 radical (unpaired) electrons. The molecule has 3 aromatic carbocycles. The number of nitrogens with zero attached hydrogens (tertiary/aromatic N) is 3. The summed E-state index contributed by atoms with van der Waals surface area (Å²) in [4.78, 5) is 17.4. The number of hydrogen-bond donors (Lipinski definition) is 1. The van der Waals surface area contributed by atoms with Gasteiger partial charge in [-0.05, 0) is 78.3 Å². The second kappa shape index (κ2) is 8.21. The maximum atomic E-state index is 5.03. The van der Waals surface area contributed by atoms with Crippen molar-refractivity contribution in [2.45, 2.75) is 40.0 Å². The summed E-state index contributed by atoms with van der Waals surface area (Å²) in [5.41, 5.74) is 9.28. The van der Waals surface area contributed by atoms with E-state index >= 15 is 0 Å². The molecule has 168 valence electrons. The van der Waals surface area contributed by atoms with Gasteiger partial charge in [-0.2, -0.15) is 0 Å². The van der Waals surface area contributed by atoms with Crippen molar-refractivity contribution < 1.29 is 0 Å². The summed E-state index contributed by atoms with van der Waals surface area (Å²) in [7, 11) is 0. The molecular weight excluding hydrogens is 416 g/mol. The molecule has 0 saturated heterocycles. The molecule has 0 saturated carbocycles. The fourth-order valence-corrected chi connectivity index (χ4v) is 5.02. The predicted molar refractivity (Wildman–Crippen MR) is 142 cm³/mol. The van der Waals surface area contributed by atoms with Gasteiger partial charge in [-0.1, -0.05) is 44.2 Å². The molecule has 5 aromatic rings. The fourth-order valence-electron chi connectivity index (χ4n) is 5.02. The molecule has 0 unspecified atom stereocenters. The molecule has 0 atom stereocenters. The van der Waals surface area contributed by atoms with Crippen LogP contribution in [0.15, 0.2) is 72.0 Å². The van der Waals surface area contributed by atoms with E-state index in [1.165, 1.54) is 34.0 Å². The van der Waals surface area contributed by atoms with Crippen LogP contribution < -0.4 is 0 Å². The van der Waals surface area contributed by atoms with E-state index in [-0.39, 0.29) is 0 Å². The lowest BCUT2D eigenvalue weighted by Gasteiger charge is -2.11. The number of rotatable bonds is 3. The van der Waals surface area contributed by atoms with Gasteiger partial charge in [-0.25, -0.2) is 4.98 Å². The van der Waals surface area contributed by atoms with Gasteiger partial charge < -0.3 is 4.98 Å².